The molecule has 0 unspecified atom stereocenters. The van der Waals surface area contributed by atoms with Crippen LogP contribution in [0, 0.1) is 17.8 Å². The van der Waals surface area contributed by atoms with Crippen molar-refractivity contribution < 1.29 is 14.7 Å². The first-order chi connectivity index (χ1) is 9.79. The van der Waals surface area contributed by atoms with Gasteiger partial charge in [-0.3, -0.25) is 4.79 Å². The van der Waals surface area contributed by atoms with Crippen LogP contribution in [-0.2, 0) is 4.79 Å². The number of aliphatic carboxylic acids is 1. The first kappa shape index (κ1) is 17.8. The second-order valence-electron chi connectivity index (χ2n) is 7.00. The van der Waals surface area contributed by atoms with E-state index in [4.69, 9.17) is 5.11 Å². The van der Waals surface area contributed by atoms with Crippen LogP contribution >= 0.6 is 0 Å². The Balaban J connectivity index is 2.54. The molecule has 0 radical (unpaired) electrons. The molecular formula is C16H30N2O3. The second-order valence-corrected chi connectivity index (χ2v) is 7.00. The SMILES string of the molecule is CC(C)CN(CC(C)C)C(=O)N1CCC(CC(=O)O)CC1. The molecule has 1 aliphatic rings. The van der Waals surface area contributed by atoms with Crippen molar-refractivity contribution in [2.24, 2.45) is 17.8 Å². The minimum absolute atomic E-state index is 0.117. The lowest BCUT2D eigenvalue weighted by Crippen LogP contribution is -2.49. The molecule has 1 N–H and O–H groups in total. The van der Waals surface area contributed by atoms with Gasteiger partial charge in [0.1, 0.15) is 0 Å². The van der Waals surface area contributed by atoms with Crippen molar-refractivity contribution in [2.45, 2.75) is 47.0 Å². The van der Waals surface area contributed by atoms with Gasteiger partial charge in [0.15, 0.2) is 0 Å². The fraction of sp³-hybridized carbons (Fsp3) is 0.875. The summed E-state index contributed by atoms with van der Waals surface area (Å²) in [6, 6.07) is 0.117. The average molecular weight is 298 g/mol. The van der Waals surface area contributed by atoms with E-state index in [1.807, 2.05) is 9.80 Å². The molecule has 1 saturated heterocycles. The standard InChI is InChI=1S/C16H30N2O3/c1-12(2)10-18(11-13(3)4)16(21)17-7-5-14(6-8-17)9-15(19)20/h12-14H,5-11H2,1-4H3,(H,19,20). The van der Waals surface area contributed by atoms with E-state index in [0.29, 0.717) is 24.9 Å². The molecule has 5 heteroatoms. The number of likely N-dealkylation sites (tertiary alicyclic amines) is 1. The van der Waals surface area contributed by atoms with Gasteiger partial charge in [0.05, 0.1) is 0 Å². The lowest BCUT2D eigenvalue weighted by molar-refractivity contribution is -0.138. The van der Waals surface area contributed by atoms with Crippen LogP contribution in [0.2, 0.25) is 0 Å². The maximum absolute atomic E-state index is 12.6. The Bertz CT molecular complexity index is 337. The van der Waals surface area contributed by atoms with Gasteiger partial charge in [-0.2, -0.15) is 0 Å². The Morgan fingerprint density at radius 3 is 1.95 bits per heavy atom. The Labute approximate surface area is 128 Å². The molecule has 122 valence electrons. The summed E-state index contributed by atoms with van der Waals surface area (Å²) in [6.07, 6.45) is 1.83. The largest absolute Gasteiger partial charge is 0.481 e. The maximum atomic E-state index is 12.6. The molecule has 0 aromatic carbocycles. The predicted molar refractivity (Wildman–Crippen MR) is 83.2 cm³/mol. The number of amides is 2. The van der Waals surface area contributed by atoms with E-state index in [-0.39, 0.29) is 18.4 Å². The number of carbonyl (C=O) groups excluding carboxylic acids is 1. The number of carboxylic acids is 1. The topological polar surface area (TPSA) is 60.9 Å². The number of carbonyl (C=O) groups is 2. The molecular weight excluding hydrogens is 268 g/mol. The number of nitrogens with zero attached hydrogens (tertiary/aromatic N) is 2. The molecule has 1 heterocycles. The zero-order chi connectivity index (χ0) is 16.0. The minimum atomic E-state index is -0.735. The highest BCUT2D eigenvalue weighted by Gasteiger charge is 2.27. The summed E-state index contributed by atoms with van der Waals surface area (Å²) in [7, 11) is 0. The summed E-state index contributed by atoms with van der Waals surface area (Å²) >= 11 is 0. The van der Waals surface area contributed by atoms with E-state index in [9.17, 15) is 9.59 Å². The van der Waals surface area contributed by atoms with Gasteiger partial charge in [-0.25, -0.2) is 4.79 Å². The van der Waals surface area contributed by atoms with Crippen LogP contribution in [0.5, 0.6) is 0 Å². The van der Waals surface area contributed by atoms with Crippen molar-refractivity contribution in [1.82, 2.24) is 9.80 Å². The molecule has 0 saturated carbocycles. The molecule has 0 bridgehead atoms. The van der Waals surface area contributed by atoms with Crippen molar-refractivity contribution in [2.75, 3.05) is 26.2 Å². The van der Waals surface area contributed by atoms with Gasteiger partial charge in [-0.05, 0) is 30.6 Å². The lowest BCUT2D eigenvalue weighted by atomic mass is 9.94. The number of rotatable bonds is 6. The number of carboxylic acid groups (broad SMARTS) is 1. The monoisotopic (exact) mass is 298 g/mol. The van der Waals surface area contributed by atoms with Crippen LogP contribution in [0.3, 0.4) is 0 Å². The zero-order valence-electron chi connectivity index (χ0n) is 13.8. The highest BCUT2D eigenvalue weighted by molar-refractivity contribution is 5.74. The van der Waals surface area contributed by atoms with Gasteiger partial charge in [0, 0.05) is 32.6 Å². The van der Waals surface area contributed by atoms with Gasteiger partial charge in [-0.1, -0.05) is 27.7 Å². The van der Waals surface area contributed by atoms with Crippen molar-refractivity contribution in [3.63, 3.8) is 0 Å². The third-order valence-electron chi connectivity index (χ3n) is 3.79. The lowest BCUT2D eigenvalue weighted by Gasteiger charge is -2.36. The third-order valence-corrected chi connectivity index (χ3v) is 3.79. The van der Waals surface area contributed by atoms with Gasteiger partial charge < -0.3 is 14.9 Å². The summed E-state index contributed by atoms with van der Waals surface area (Å²) in [5, 5.41) is 8.84. The van der Waals surface area contributed by atoms with E-state index < -0.39 is 5.97 Å². The van der Waals surface area contributed by atoms with Crippen molar-refractivity contribution in [1.29, 1.82) is 0 Å². The Morgan fingerprint density at radius 1 is 1.10 bits per heavy atom. The van der Waals surface area contributed by atoms with Crippen LogP contribution in [0.4, 0.5) is 4.79 Å². The molecule has 21 heavy (non-hydrogen) atoms. The molecule has 0 aromatic rings. The average Bonchev–Trinajstić information content (AvgIpc) is 2.36. The summed E-state index contributed by atoms with van der Waals surface area (Å²) in [6.45, 7) is 11.4. The Kier molecular flexibility index (Phi) is 6.99. The summed E-state index contributed by atoms with van der Waals surface area (Å²) in [4.78, 5) is 27.2. The molecule has 1 fully saturated rings. The maximum Gasteiger partial charge on any atom is 0.320 e. The molecule has 5 nitrogen and oxygen atoms in total. The number of hydrogen-bond acceptors (Lipinski definition) is 2. The van der Waals surface area contributed by atoms with Crippen molar-refractivity contribution in [3.8, 4) is 0 Å². The molecule has 0 aromatic heterocycles. The van der Waals surface area contributed by atoms with E-state index >= 15 is 0 Å². The Hall–Kier alpha value is -1.26. The second kappa shape index (κ2) is 8.25. The molecule has 0 spiro atoms. The van der Waals surface area contributed by atoms with Crippen LogP contribution in [0.15, 0.2) is 0 Å². The summed E-state index contributed by atoms with van der Waals surface area (Å²) in [5.41, 5.74) is 0. The van der Waals surface area contributed by atoms with Crippen molar-refractivity contribution >= 4 is 12.0 Å². The number of urea groups is 1. The molecule has 1 rings (SSSR count). The van der Waals surface area contributed by atoms with Crippen molar-refractivity contribution in [3.05, 3.63) is 0 Å². The van der Waals surface area contributed by atoms with Gasteiger partial charge in [0.25, 0.3) is 0 Å². The highest BCUT2D eigenvalue weighted by atomic mass is 16.4. The third kappa shape index (κ3) is 6.36. The zero-order valence-corrected chi connectivity index (χ0v) is 13.8. The van der Waals surface area contributed by atoms with E-state index in [0.717, 1.165) is 25.9 Å². The summed E-state index contributed by atoms with van der Waals surface area (Å²) < 4.78 is 0. The Morgan fingerprint density at radius 2 is 1.57 bits per heavy atom. The van der Waals surface area contributed by atoms with E-state index in [2.05, 4.69) is 27.7 Å². The summed E-state index contributed by atoms with van der Waals surface area (Å²) in [5.74, 6) is 0.394. The molecule has 0 aliphatic carbocycles. The normalized spacial score (nSPS) is 16.6. The van der Waals surface area contributed by atoms with E-state index in [1.165, 1.54) is 0 Å². The number of hydrogen-bond donors (Lipinski definition) is 1. The first-order valence-corrected chi connectivity index (χ1v) is 8.05. The fourth-order valence-corrected chi connectivity index (χ4v) is 2.89. The number of piperidine rings is 1. The minimum Gasteiger partial charge on any atom is -0.481 e. The first-order valence-electron chi connectivity index (χ1n) is 8.05. The van der Waals surface area contributed by atoms with Gasteiger partial charge >= 0.3 is 12.0 Å². The fourth-order valence-electron chi connectivity index (χ4n) is 2.89. The van der Waals surface area contributed by atoms with Crippen LogP contribution in [-0.4, -0.2) is 53.1 Å². The smallest absolute Gasteiger partial charge is 0.320 e. The molecule has 0 atom stereocenters. The van der Waals surface area contributed by atoms with Crippen LogP contribution < -0.4 is 0 Å². The van der Waals surface area contributed by atoms with Gasteiger partial charge in [-0.15, -0.1) is 0 Å². The van der Waals surface area contributed by atoms with Gasteiger partial charge in [0.2, 0.25) is 0 Å². The molecule has 1 aliphatic heterocycles. The van der Waals surface area contributed by atoms with Crippen LogP contribution in [0.1, 0.15) is 47.0 Å². The van der Waals surface area contributed by atoms with Crippen LogP contribution in [0.25, 0.3) is 0 Å². The predicted octanol–water partition coefficient (Wildman–Crippen LogP) is 2.91. The molecule has 2 amide bonds. The highest BCUT2D eigenvalue weighted by Crippen LogP contribution is 2.21. The quantitative estimate of drug-likeness (QED) is 0.820. The van der Waals surface area contributed by atoms with E-state index in [1.54, 1.807) is 0 Å².